The highest BCUT2D eigenvalue weighted by Crippen LogP contribution is 2.22. The summed E-state index contributed by atoms with van der Waals surface area (Å²) in [6, 6.07) is 16.2. The minimum atomic E-state index is -0.559. The highest BCUT2D eigenvalue weighted by atomic mass is 16.5. The molecule has 0 saturated heterocycles. The van der Waals surface area contributed by atoms with Gasteiger partial charge >= 0.3 is 0 Å². The lowest BCUT2D eigenvalue weighted by molar-refractivity contribution is -0.118. The number of ether oxygens (including phenoxy) is 1. The number of hydrogen-bond donors (Lipinski definition) is 1. The largest absolute Gasteiger partial charge is 0.457 e. The number of hydrogen-bond acceptors (Lipinski definition) is 3. The first-order chi connectivity index (χ1) is 8.66. The standard InChI is InChI=1S/C15H15NO2/c1-11(17)15(16)12-7-9-14(10-8-12)18-13-5-3-2-4-6-13/h2-10,15H,16H2,1H3. The van der Waals surface area contributed by atoms with Crippen LogP contribution in [-0.2, 0) is 4.79 Å². The molecule has 3 nitrogen and oxygen atoms in total. The van der Waals surface area contributed by atoms with Crippen molar-refractivity contribution in [1.29, 1.82) is 0 Å². The Hall–Kier alpha value is -2.13. The van der Waals surface area contributed by atoms with Crippen molar-refractivity contribution >= 4 is 5.78 Å². The van der Waals surface area contributed by atoms with Crippen molar-refractivity contribution < 1.29 is 9.53 Å². The number of benzene rings is 2. The second-order valence-electron chi connectivity index (χ2n) is 4.07. The number of carbonyl (C=O) groups is 1. The maximum atomic E-state index is 11.2. The molecule has 92 valence electrons. The van der Waals surface area contributed by atoms with Gasteiger partial charge in [0.05, 0.1) is 6.04 Å². The van der Waals surface area contributed by atoms with Crippen LogP contribution in [0.5, 0.6) is 11.5 Å². The lowest BCUT2D eigenvalue weighted by Gasteiger charge is -2.10. The molecule has 0 amide bonds. The molecule has 2 aromatic rings. The molecule has 2 rings (SSSR count). The highest BCUT2D eigenvalue weighted by Gasteiger charge is 2.10. The zero-order valence-electron chi connectivity index (χ0n) is 10.2. The summed E-state index contributed by atoms with van der Waals surface area (Å²) in [5.41, 5.74) is 6.54. The van der Waals surface area contributed by atoms with E-state index in [1.165, 1.54) is 6.92 Å². The van der Waals surface area contributed by atoms with Gasteiger partial charge in [0, 0.05) is 0 Å². The van der Waals surface area contributed by atoms with Crippen LogP contribution < -0.4 is 10.5 Å². The molecule has 2 aromatic carbocycles. The lowest BCUT2D eigenvalue weighted by atomic mass is 10.0. The second kappa shape index (κ2) is 5.47. The molecule has 0 fully saturated rings. The molecule has 3 heteroatoms. The summed E-state index contributed by atoms with van der Waals surface area (Å²) in [6.45, 7) is 1.49. The van der Waals surface area contributed by atoms with E-state index in [1.807, 2.05) is 54.6 Å². The van der Waals surface area contributed by atoms with E-state index >= 15 is 0 Å². The summed E-state index contributed by atoms with van der Waals surface area (Å²) in [4.78, 5) is 11.2. The predicted octanol–water partition coefficient (Wildman–Crippen LogP) is 3.07. The van der Waals surface area contributed by atoms with Gasteiger partial charge in [-0.1, -0.05) is 30.3 Å². The van der Waals surface area contributed by atoms with Crippen LogP contribution in [0, 0.1) is 0 Å². The third-order valence-electron chi connectivity index (χ3n) is 2.66. The van der Waals surface area contributed by atoms with Gasteiger partial charge in [-0.2, -0.15) is 0 Å². The van der Waals surface area contributed by atoms with Crippen molar-refractivity contribution in [3.05, 3.63) is 60.2 Å². The Bertz CT molecular complexity index is 520. The van der Waals surface area contributed by atoms with E-state index in [2.05, 4.69) is 0 Å². The summed E-state index contributed by atoms with van der Waals surface area (Å²) in [5.74, 6) is 1.45. The van der Waals surface area contributed by atoms with Gasteiger partial charge in [0.25, 0.3) is 0 Å². The normalized spacial score (nSPS) is 11.9. The summed E-state index contributed by atoms with van der Waals surface area (Å²) >= 11 is 0. The number of nitrogens with two attached hydrogens (primary N) is 1. The minimum Gasteiger partial charge on any atom is -0.457 e. The van der Waals surface area contributed by atoms with Crippen LogP contribution in [0.2, 0.25) is 0 Å². The quantitative estimate of drug-likeness (QED) is 0.895. The fourth-order valence-corrected chi connectivity index (χ4v) is 1.60. The van der Waals surface area contributed by atoms with Gasteiger partial charge in [-0.15, -0.1) is 0 Å². The molecule has 0 aliphatic rings. The molecule has 2 N–H and O–H groups in total. The number of carbonyl (C=O) groups excluding carboxylic acids is 1. The van der Waals surface area contributed by atoms with Crippen LogP contribution in [0.1, 0.15) is 18.5 Å². The van der Waals surface area contributed by atoms with Crippen LogP contribution in [0.15, 0.2) is 54.6 Å². The molecule has 0 aliphatic carbocycles. The average molecular weight is 241 g/mol. The maximum absolute atomic E-state index is 11.2. The van der Waals surface area contributed by atoms with Crippen LogP contribution in [0.25, 0.3) is 0 Å². The van der Waals surface area contributed by atoms with Crippen LogP contribution in [-0.4, -0.2) is 5.78 Å². The molecule has 0 aliphatic heterocycles. The molecule has 0 saturated carbocycles. The first-order valence-electron chi connectivity index (χ1n) is 5.76. The van der Waals surface area contributed by atoms with Crippen molar-refractivity contribution in [1.82, 2.24) is 0 Å². The lowest BCUT2D eigenvalue weighted by Crippen LogP contribution is -2.18. The van der Waals surface area contributed by atoms with Gasteiger partial charge in [0.1, 0.15) is 11.5 Å². The summed E-state index contributed by atoms with van der Waals surface area (Å²) in [5, 5.41) is 0. The first-order valence-corrected chi connectivity index (χ1v) is 5.76. The van der Waals surface area contributed by atoms with E-state index in [0.717, 1.165) is 17.1 Å². The Morgan fingerprint density at radius 2 is 1.56 bits per heavy atom. The van der Waals surface area contributed by atoms with Gasteiger partial charge in [-0.25, -0.2) is 0 Å². The van der Waals surface area contributed by atoms with Crippen LogP contribution in [0.3, 0.4) is 0 Å². The number of ketones is 1. The fourth-order valence-electron chi connectivity index (χ4n) is 1.60. The van der Waals surface area contributed by atoms with Gasteiger partial charge in [0.15, 0.2) is 5.78 Å². The summed E-state index contributed by atoms with van der Waals surface area (Å²) < 4.78 is 5.65. The van der Waals surface area contributed by atoms with Gasteiger partial charge in [-0.05, 0) is 36.8 Å². The Kier molecular flexibility index (Phi) is 3.75. The topological polar surface area (TPSA) is 52.3 Å². The van der Waals surface area contributed by atoms with Gasteiger partial charge in [0.2, 0.25) is 0 Å². The number of para-hydroxylation sites is 1. The Morgan fingerprint density at radius 1 is 1.00 bits per heavy atom. The third kappa shape index (κ3) is 2.96. The molecule has 1 unspecified atom stereocenters. The zero-order chi connectivity index (χ0) is 13.0. The third-order valence-corrected chi connectivity index (χ3v) is 2.66. The Labute approximate surface area is 106 Å². The van der Waals surface area contributed by atoms with Crippen molar-refractivity contribution in [3.63, 3.8) is 0 Å². The Morgan fingerprint density at radius 3 is 2.11 bits per heavy atom. The van der Waals surface area contributed by atoms with E-state index < -0.39 is 6.04 Å². The maximum Gasteiger partial charge on any atom is 0.150 e. The fraction of sp³-hybridized carbons (Fsp3) is 0.133. The summed E-state index contributed by atoms with van der Waals surface area (Å²) in [6.07, 6.45) is 0. The molecule has 0 bridgehead atoms. The van der Waals surface area contributed by atoms with Crippen molar-refractivity contribution in [2.45, 2.75) is 13.0 Å². The SMILES string of the molecule is CC(=O)C(N)c1ccc(Oc2ccccc2)cc1. The van der Waals surface area contributed by atoms with Crippen molar-refractivity contribution in [3.8, 4) is 11.5 Å². The predicted molar refractivity (Wildman–Crippen MR) is 70.6 cm³/mol. The van der Waals surface area contributed by atoms with E-state index in [1.54, 1.807) is 0 Å². The smallest absolute Gasteiger partial charge is 0.150 e. The highest BCUT2D eigenvalue weighted by molar-refractivity contribution is 5.82. The van der Waals surface area contributed by atoms with Crippen LogP contribution in [0.4, 0.5) is 0 Å². The zero-order valence-corrected chi connectivity index (χ0v) is 10.2. The monoisotopic (exact) mass is 241 g/mol. The number of Topliss-reactive ketones (excluding diaryl/α,β-unsaturated/α-hetero) is 1. The van der Waals surface area contributed by atoms with Crippen molar-refractivity contribution in [2.24, 2.45) is 5.73 Å². The minimum absolute atomic E-state index is 0.0493. The van der Waals surface area contributed by atoms with E-state index in [4.69, 9.17) is 10.5 Å². The van der Waals surface area contributed by atoms with E-state index in [0.29, 0.717) is 0 Å². The average Bonchev–Trinajstić information content (AvgIpc) is 2.40. The molecule has 0 heterocycles. The molecule has 0 aromatic heterocycles. The molecular formula is C15H15NO2. The van der Waals surface area contributed by atoms with E-state index in [-0.39, 0.29) is 5.78 Å². The van der Waals surface area contributed by atoms with Crippen molar-refractivity contribution in [2.75, 3.05) is 0 Å². The number of rotatable bonds is 4. The molecule has 0 radical (unpaired) electrons. The first kappa shape index (κ1) is 12.3. The molecule has 1 atom stereocenters. The molecular weight excluding hydrogens is 226 g/mol. The van der Waals surface area contributed by atoms with Crippen LogP contribution >= 0.6 is 0 Å². The molecule has 18 heavy (non-hydrogen) atoms. The summed E-state index contributed by atoms with van der Waals surface area (Å²) in [7, 11) is 0. The Balaban J connectivity index is 2.11. The molecule has 0 spiro atoms. The van der Waals surface area contributed by atoms with Gasteiger partial charge < -0.3 is 10.5 Å². The van der Waals surface area contributed by atoms with Gasteiger partial charge in [-0.3, -0.25) is 4.79 Å². The van der Waals surface area contributed by atoms with E-state index in [9.17, 15) is 4.79 Å². The second-order valence-corrected chi connectivity index (χ2v) is 4.07.